The van der Waals surface area contributed by atoms with E-state index in [2.05, 4.69) is 34.4 Å². The molecule has 1 spiro atoms. The quantitative estimate of drug-likeness (QED) is 0.0986. The number of hydrogen-bond acceptors (Lipinski definition) is 8. The molecular weight excluding hydrogens is 706 g/mol. The molecule has 0 aliphatic carbocycles. The van der Waals surface area contributed by atoms with Crippen molar-refractivity contribution in [3.63, 3.8) is 0 Å². The van der Waals surface area contributed by atoms with E-state index in [1.165, 1.54) is 0 Å². The summed E-state index contributed by atoms with van der Waals surface area (Å²) in [7, 11) is 1.57. The first-order chi connectivity index (χ1) is 24.2. The lowest BCUT2D eigenvalue weighted by Crippen LogP contribution is -2.57. The molecule has 2 bridgehead atoms. The van der Waals surface area contributed by atoms with Crippen LogP contribution in [0, 0.1) is 11.8 Å². The van der Waals surface area contributed by atoms with E-state index >= 15 is 0 Å². The number of amides is 3. The summed E-state index contributed by atoms with van der Waals surface area (Å²) in [4.78, 5) is 59.0. The van der Waals surface area contributed by atoms with Crippen molar-refractivity contribution in [2.45, 2.75) is 67.1 Å². The van der Waals surface area contributed by atoms with E-state index in [1.54, 1.807) is 53.3 Å². The lowest BCUT2D eigenvalue weighted by atomic mass is 9.70. The summed E-state index contributed by atoms with van der Waals surface area (Å²) in [6, 6.07) is 14.6. The Morgan fingerprint density at radius 1 is 1.12 bits per heavy atom. The molecule has 3 amide bonds. The highest BCUT2D eigenvalue weighted by Crippen LogP contribution is 2.60. The van der Waals surface area contributed by atoms with Gasteiger partial charge in [-0.05, 0) is 61.9 Å². The second-order valence-electron chi connectivity index (χ2n) is 12.9. The van der Waals surface area contributed by atoms with Gasteiger partial charge < -0.3 is 34.4 Å². The number of benzene rings is 2. The molecule has 5 rings (SSSR count). The Hall–Kier alpha value is -4.00. The molecule has 2 N–H and O–H groups in total. The minimum absolute atomic E-state index is 0.0257. The van der Waals surface area contributed by atoms with Crippen LogP contribution in [0.1, 0.15) is 50.1 Å². The molecule has 3 heterocycles. The largest absolute Gasteiger partial charge is 0.497 e. The van der Waals surface area contributed by atoms with Gasteiger partial charge in [-0.1, -0.05) is 58.4 Å². The van der Waals surface area contributed by atoms with Crippen LogP contribution in [0.3, 0.4) is 0 Å². The van der Waals surface area contributed by atoms with Gasteiger partial charge in [0.2, 0.25) is 11.8 Å². The second-order valence-corrected chi connectivity index (χ2v) is 14.1. The zero-order valence-electron chi connectivity index (χ0n) is 28.4. The molecule has 3 fully saturated rings. The van der Waals surface area contributed by atoms with Gasteiger partial charge in [0.25, 0.3) is 5.91 Å². The number of anilines is 1. The molecule has 268 valence electrons. The van der Waals surface area contributed by atoms with Crippen LogP contribution in [0.4, 0.5) is 5.69 Å². The highest BCUT2D eigenvalue weighted by Gasteiger charge is 2.76. The maximum Gasteiger partial charge on any atom is 0.306 e. The fourth-order valence-corrected chi connectivity index (χ4v) is 8.47. The predicted molar refractivity (Wildman–Crippen MR) is 192 cm³/mol. The molecule has 2 aromatic rings. The monoisotopic (exact) mass is 751 g/mol. The van der Waals surface area contributed by atoms with E-state index in [-0.39, 0.29) is 49.4 Å². The standard InChI is InChI=1S/C38H46BrN3O8/c1-4-6-15-30(44)49-24-29(25-13-9-7-10-14-25)40-35(45)31-32-36(46)42(21-11-8-12-22-43)34(38(32)23-28(39)33(31)50-38)37(47)41(20-5-2)26-16-18-27(48-3)19-17-26/h4-5,7,9-10,13-14,16-19,28-29,31-34,43H,1-2,6,8,11-12,15,20-24H2,3H3,(H,40,45)/t28?,29-,31-,32+,33-,34-,38+/m1/s1. The van der Waals surface area contributed by atoms with Gasteiger partial charge in [0.05, 0.1) is 31.1 Å². The van der Waals surface area contributed by atoms with E-state index in [4.69, 9.17) is 14.2 Å². The van der Waals surface area contributed by atoms with Crippen LogP contribution in [0.2, 0.25) is 0 Å². The number of ether oxygens (including phenoxy) is 3. The van der Waals surface area contributed by atoms with Crippen molar-refractivity contribution in [1.29, 1.82) is 0 Å². The summed E-state index contributed by atoms with van der Waals surface area (Å²) in [5.74, 6) is -2.65. The first-order valence-corrected chi connectivity index (χ1v) is 18.0. The van der Waals surface area contributed by atoms with E-state index < -0.39 is 47.5 Å². The zero-order chi connectivity index (χ0) is 35.8. The van der Waals surface area contributed by atoms with Crippen LogP contribution in [-0.4, -0.2) is 89.7 Å². The summed E-state index contributed by atoms with van der Waals surface area (Å²) in [5.41, 5.74) is 0.0771. The van der Waals surface area contributed by atoms with E-state index in [0.29, 0.717) is 43.5 Å². The fourth-order valence-electron chi connectivity index (χ4n) is 7.52. The number of esters is 1. The molecule has 3 saturated heterocycles. The number of likely N-dealkylation sites (tertiary alicyclic amines) is 1. The van der Waals surface area contributed by atoms with Crippen molar-refractivity contribution in [1.82, 2.24) is 10.2 Å². The first kappa shape index (κ1) is 37.3. The topological polar surface area (TPSA) is 135 Å². The van der Waals surface area contributed by atoms with Crippen molar-refractivity contribution < 1.29 is 38.5 Å². The van der Waals surface area contributed by atoms with Crippen LogP contribution in [0.15, 0.2) is 79.9 Å². The highest BCUT2D eigenvalue weighted by molar-refractivity contribution is 9.09. The van der Waals surface area contributed by atoms with Gasteiger partial charge in [0.15, 0.2) is 0 Å². The lowest BCUT2D eigenvalue weighted by Gasteiger charge is -2.37. The Balaban J connectivity index is 1.47. The molecule has 3 aliphatic rings. The Morgan fingerprint density at radius 3 is 2.52 bits per heavy atom. The zero-order valence-corrected chi connectivity index (χ0v) is 30.0. The smallest absolute Gasteiger partial charge is 0.306 e. The summed E-state index contributed by atoms with van der Waals surface area (Å²) in [6.07, 6.45) is 5.39. The average Bonchev–Trinajstić information content (AvgIpc) is 3.73. The number of hydrogen-bond donors (Lipinski definition) is 2. The second kappa shape index (κ2) is 16.8. The number of unbranched alkanes of at least 4 members (excludes halogenated alkanes) is 2. The summed E-state index contributed by atoms with van der Waals surface area (Å²) in [6.45, 7) is 7.90. The van der Waals surface area contributed by atoms with Gasteiger partial charge in [-0.25, -0.2) is 0 Å². The van der Waals surface area contributed by atoms with Crippen LogP contribution in [0.5, 0.6) is 5.75 Å². The number of aliphatic hydroxyl groups is 1. The summed E-state index contributed by atoms with van der Waals surface area (Å²) >= 11 is 3.74. The third-order valence-corrected chi connectivity index (χ3v) is 10.7. The Kier molecular flexibility index (Phi) is 12.5. The van der Waals surface area contributed by atoms with Crippen molar-refractivity contribution in [2.24, 2.45) is 11.8 Å². The Morgan fingerprint density at radius 2 is 1.86 bits per heavy atom. The molecule has 2 aromatic carbocycles. The average molecular weight is 753 g/mol. The van der Waals surface area contributed by atoms with E-state index in [0.717, 1.165) is 5.56 Å². The number of fused-ring (bicyclic) bond motifs is 1. The maximum atomic E-state index is 14.8. The number of nitrogens with one attached hydrogen (secondary N) is 1. The number of halogens is 1. The number of rotatable bonds is 18. The van der Waals surface area contributed by atoms with Gasteiger partial charge in [-0.3, -0.25) is 19.2 Å². The van der Waals surface area contributed by atoms with Crippen molar-refractivity contribution in [3.8, 4) is 5.75 Å². The van der Waals surface area contributed by atoms with Crippen LogP contribution >= 0.6 is 15.9 Å². The number of nitrogens with zero attached hydrogens (tertiary/aromatic N) is 2. The van der Waals surface area contributed by atoms with Gasteiger partial charge in [-0.2, -0.15) is 0 Å². The van der Waals surface area contributed by atoms with E-state index in [9.17, 15) is 24.3 Å². The van der Waals surface area contributed by atoms with E-state index in [1.807, 2.05) is 30.3 Å². The molecule has 50 heavy (non-hydrogen) atoms. The number of alkyl halides is 1. The summed E-state index contributed by atoms with van der Waals surface area (Å²) < 4.78 is 17.6. The third kappa shape index (κ3) is 7.52. The highest BCUT2D eigenvalue weighted by atomic mass is 79.9. The molecule has 12 heteroatoms. The molecule has 3 aliphatic heterocycles. The lowest BCUT2D eigenvalue weighted by molar-refractivity contribution is -0.145. The predicted octanol–water partition coefficient (Wildman–Crippen LogP) is 4.49. The molecule has 0 aromatic heterocycles. The summed E-state index contributed by atoms with van der Waals surface area (Å²) in [5, 5.41) is 12.5. The molecule has 0 saturated carbocycles. The molecular formula is C38H46BrN3O8. The molecule has 11 nitrogen and oxygen atoms in total. The van der Waals surface area contributed by atoms with Crippen LogP contribution < -0.4 is 15.0 Å². The van der Waals surface area contributed by atoms with Gasteiger partial charge >= 0.3 is 5.97 Å². The number of methoxy groups -OCH3 is 1. The number of aliphatic hydroxyl groups excluding tert-OH is 1. The van der Waals surface area contributed by atoms with Crippen molar-refractivity contribution in [2.75, 3.05) is 38.3 Å². The maximum absolute atomic E-state index is 14.8. The number of carbonyl (C=O) groups is 4. The van der Waals surface area contributed by atoms with Crippen molar-refractivity contribution >= 4 is 45.3 Å². The SMILES string of the molecule is C=CCCC(=O)OC[C@@H](NC(=O)[C@H]1[C@@H]2O[C@@]3(CC2Br)[C@@H]1C(=O)N(CCCCCO)[C@@H]3C(=O)N(CC=C)c1ccc(OC)cc1)c1ccccc1. The van der Waals surface area contributed by atoms with Crippen LogP contribution in [-0.2, 0) is 28.7 Å². The minimum atomic E-state index is -1.27. The fraction of sp³-hybridized carbons (Fsp3) is 0.474. The van der Waals surface area contributed by atoms with Gasteiger partial charge in [0, 0.05) is 36.6 Å². The van der Waals surface area contributed by atoms with Gasteiger partial charge in [0.1, 0.15) is 24.0 Å². The molecule has 7 atom stereocenters. The minimum Gasteiger partial charge on any atom is -0.497 e. The number of allylic oxidation sites excluding steroid dienone is 1. The Bertz CT molecular complexity index is 1540. The number of carbonyl (C=O) groups excluding carboxylic acids is 4. The normalized spacial score (nSPS) is 25.5. The van der Waals surface area contributed by atoms with Crippen molar-refractivity contribution in [3.05, 3.63) is 85.5 Å². The van der Waals surface area contributed by atoms with Gasteiger partial charge in [-0.15, -0.1) is 13.2 Å². The Labute approximate surface area is 301 Å². The molecule has 0 radical (unpaired) electrons. The first-order valence-electron chi connectivity index (χ1n) is 17.1. The van der Waals surface area contributed by atoms with Crippen LogP contribution in [0.25, 0.3) is 0 Å². The third-order valence-electron chi connectivity index (χ3n) is 9.83. The molecule has 1 unspecified atom stereocenters.